The zero-order valence-electron chi connectivity index (χ0n) is 12.1. The monoisotopic (exact) mass is 326 g/mol. The molecule has 2 N–H and O–H groups in total. The molecule has 1 aromatic rings. The van der Waals surface area contributed by atoms with Gasteiger partial charge in [0.1, 0.15) is 0 Å². The van der Waals surface area contributed by atoms with Crippen LogP contribution in [-0.4, -0.2) is 25.0 Å². The normalized spacial score (nSPS) is 13.1. The van der Waals surface area contributed by atoms with Gasteiger partial charge in [-0.05, 0) is 45.0 Å². The van der Waals surface area contributed by atoms with Crippen LogP contribution < -0.4 is 10.6 Å². The van der Waals surface area contributed by atoms with Gasteiger partial charge in [0.15, 0.2) is 0 Å². The Morgan fingerprint density at radius 3 is 2.68 bits per heavy atom. The number of amides is 1. The van der Waals surface area contributed by atoms with Gasteiger partial charge < -0.3 is 10.6 Å². The lowest BCUT2D eigenvalue weighted by atomic mass is 9.84. The highest BCUT2D eigenvalue weighted by molar-refractivity contribution is 9.10. The van der Waals surface area contributed by atoms with Gasteiger partial charge >= 0.3 is 0 Å². The quantitative estimate of drug-likeness (QED) is 0.844. The summed E-state index contributed by atoms with van der Waals surface area (Å²) in [5.74, 6) is 0.0513. The minimum absolute atomic E-state index is 0.0513. The average molecular weight is 327 g/mol. The van der Waals surface area contributed by atoms with Crippen LogP contribution in [0, 0.1) is 0 Å². The summed E-state index contributed by atoms with van der Waals surface area (Å²) in [6.07, 6.45) is 0. The van der Waals surface area contributed by atoms with E-state index >= 15 is 0 Å². The zero-order chi connectivity index (χ0) is 14.5. The van der Waals surface area contributed by atoms with E-state index < -0.39 is 5.41 Å². The molecule has 0 aromatic heterocycles. The molecule has 0 bridgehead atoms. The third-order valence-electron chi connectivity index (χ3n) is 3.24. The number of nitrogens with one attached hydrogen (secondary N) is 2. The molecule has 1 amide bonds. The minimum Gasteiger partial charge on any atom is -0.354 e. The van der Waals surface area contributed by atoms with Crippen LogP contribution in [0.25, 0.3) is 0 Å². The second kappa shape index (κ2) is 7.06. The largest absolute Gasteiger partial charge is 0.354 e. The highest BCUT2D eigenvalue weighted by atomic mass is 79.9. The van der Waals surface area contributed by atoms with Crippen molar-refractivity contribution >= 4 is 21.8 Å². The Kier molecular flexibility index (Phi) is 6.01. The predicted molar refractivity (Wildman–Crippen MR) is 83.3 cm³/mol. The fourth-order valence-corrected chi connectivity index (χ4v) is 2.29. The molecule has 0 aliphatic rings. The molecule has 0 saturated heterocycles. The van der Waals surface area contributed by atoms with E-state index in [-0.39, 0.29) is 11.9 Å². The van der Waals surface area contributed by atoms with Gasteiger partial charge in [-0.3, -0.25) is 4.79 Å². The maximum Gasteiger partial charge on any atom is 0.230 e. The van der Waals surface area contributed by atoms with Crippen molar-refractivity contribution < 1.29 is 4.79 Å². The molecule has 0 spiro atoms. The van der Waals surface area contributed by atoms with Crippen molar-refractivity contribution in [1.82, 2.24) is 10.6 Å². The maximum absolute atomic E-state index is 12.3. The second-order valence-electron chi connectivity index (χ2n) is 5.30. The van der Waals surface area contributed by atoms with Gasteiger partial charge in [-0.2, -0.15) is 0 Å². The lowest BCUT2D eigenvalue weighted by Crippen LogP contribution is -2.45. The molecule has 1 aromatic carbocycles. The summed E-state index contributed by atoms with van der Waals surface area (Å²) < 4.78 is 0.992. The Morgan fingerprint density at radius 1 is 1.42 bits per heavy atom. The molecule has 19 heavy (non-hydrogen) atoms. The van der Waals surface area contributed by atoms with Crippen LogP contribution in [-0.2, 0) is 10.2 Å². The van der Waals surface area contributed by atoms with Crippen molar-refractivity contribution in [1.29, 1.82) is 0 Å². The lowest BCUT2D eigenvalue weighted by molar-refractivity contribution is -0.125. The number of likely N-dealkylation sites (N-methyl/N-ethyl adjacent to an activating group) is 1. The summed E-state index contributed by atoms with van der Waals surface area (Å²) in [5.41, 5.74) is 0.478. The van der Waals surface area contributed by atoms with Gasteiger partial charge in [0, 0.05) is 17.1 Å². The van der Waals surface area contributed by atoms with Gasteiger partial charge in [0.25, 0.3) is 0 Å². The Balaban J connectivity index is 2.69. The van der Waals surface area contributed by atoms with Crippen molar-refractivity contribution in [3.8, 4) is 0 Å². The molecule has 0 aliphatic heterocycles. The molecule has 1 atom stereocenters. The average Bonchev–Trinajstić information content (AvgIpc) is 2.36. The van der Waals surface area contributed by atoms with Crippen LogP contribution in [0.3, 0.4) is 0 Å². The number of carbonyl (C=O) groups is 1. The Labute approximate surface area is 124 Å². The number of hydrogen-bond acceptors (Lipinski definition) is 2. The standard InChI is InChI=1S/C15H23BrN2O/c1-5-17-11(2)10-18-14(19)15(3,4)12-7-6-8-13(16)9-12/h6-9,11,17H,5,10H2,1-4H3,(H,18,19)/t11-/m1/s1. The first-order chi connectivity index (χ1) is 8.87. The Morgan fingerprint density at radius 2 is 2.11 bits per heavy atom. The van der Waals surface area contributed by atoms with Crippen LogP contribution in [0.4, 0.5) is 0 Å². The van der Waals surface area contributed by atoms with Gasteiger partial charge in [0.05, 0.1) is 5.41 Å². The van der Waals surface area contributed by atoms with Crippen molar-refractivity contribution in [3.63, 3.8) is 0 Å². The molecule has 106 valence electrons. The molecule has 0 radical (unpaired) electrons. The summed E-state index contributed by atoms with van der Waals surface area (Å²) in [6, 6.07) is 8.18. The van der Waals surface area contributed by atoms with Gasteiger partial charge in [-0.1, -0.05) is 35.0 Å². The van der Waals surface area contributed by atoms with E-state index in [0.717, 1.165) is 16.6 Å². The molecule has 4 heteroatoms. The van der Waals surface area contributed by atoms with E-state index in [1.807, 2.05) is 38.1 Å². The topological polar surface area (TPSA) is 41.1 Å². The smallest absolute Gasteiger partial charge is 0.230 e. The van der Waals surface area contributed by atoms with Gasteiger partial charge in [-0.15, -0.1) is 0 Å². The van der Waals surface area contributed by atoms with Gasteiger partial charge in [-0.25, -0.2) is 0 Å². The fourth-order valence-electron chi connectivity index (χ4n) is 1.90. The Hall–Kier alpha value is -0.870. The number of halogens is 1. The highest BCUT2D eigenvalue weighted by Gasteiger charge is 2.29. The van der Waals surface area contributed by atoms with E-state index in [2.05, 4.69) is 40.4 Å². The molecule has 0 unspecified atom stereocenters. The first-order valence-corrected chi connectivity index (χ1v) is 7.45. The SMILES string of the molecule is CCN[C@H](C)CNC(=O)C(C)(C)c1cccc(Br)c1. The summed E-state index contributed by atoms with van der Waals surface area (Å²) in [4.78, 5) is 12.3. The number of hydrogen-bond donors (Lipinski definition) is 2. The molecular weight excluding hydrogens is 304 g/mol. The number of benzene rings is 1. The predicted octanol–water partition coefficient (Wildman–Crippen LogP) is 2.84. The van der Waals surface area contributed by atoms with Crippen molar-refractivity contribution in [2.45, 2.75) is 39.2 Å². The lowest BCUT2D eigenvalue weighted by Gasteiger charge is -2.25. The molecule has 1 rings (SSSR count). The van der Waals surface area contributed by atoms with Crippen LogP contribution >= 0.6 is 15.9 Å². The molecular formula is C15H23BrN2O. The first-order valence-electron chi connectivity index (χ1n) is 6.65. The van der Waals surface area contributed by atoms with Crippen LogP contribution in [0.1, 0.15) is 33.3 Å². The second-order valence-corrected chi connectivity index (χ2v) is 6.22. The van der Waals surface area contributed by atoms with Crippen molar-refractivity contribution in [2.75, 3.05) is 13.1 Å². The van der Waals surface area contributed by atoms with Crippen molar-refractivity contribution in [3.05, 3.63) is 34.3 Å². The molecule has 0 saturated carbocycles. The molecule has 3 nitrogen and oxygen atoms in total. The molecule has 0 heterocycles. The van der Waals surface area contributed by atoms with Crippen LogP contribution in [0.2, 0.25) is 0 Å². The van der Waals surface area contributed by atoms with E-state index in [0.29, 0.717) is 6.54 Å². The number of rotatable bonds is 6. The summed E-state index contributed by atoms with van der Waals surface area (Å²) >= 11 is 3.44. The summed E-state index contributed by atoms with van der Waals surface area (Å²) in [5, 5.41) is 6.29. The minimum atomic E-state index is -0.532. The van der Waals surface area contributed by atoms with E-state index in [1.165, 1.54) is 0 Å². The third-order valence-corrected chi connectivity index (χ3v) is 3.73. The van der Waals surface area contributed by atoms with E-state index in [1.54, 1.807) is 0 Å². The summed E-state index contributed by atoms with van der Waals surface area (Å²) in [6.45, 7) is 9.57. The maximum atomic E-state index is 12.3. The third kappa shape index (κ3) is 4.62. The fraction of sp³-hybridized carbons (Fsp3) is 0.533. The van der Waals surface area contributed by atoms with Gasteiger partial charge in [0.2, 0.25) is 5.91 Å². The van der Waals surface area contributed by atoms with Crippen LogP contribution in [0.15, 0.2) is 28.7 Å². The summed E-state index contributed by atoms with van der Waals surface area (Å²) in [7, 11) is 0. The Bertz CT molecular complexity index is 432. The van der Waals surface area contributed by atoms with E-state index in [4.69, 9.17) is 0 Å². The zero-order valence-corrected chi connectivity index (χ0v) is 13.7. The molecule has 0 aliphatic carbocycles. The number of carbonyl (C=O) groups excluding carboxylic acids is 1. The first kappa shape index (κ1) is 16.2. The molecule has 0 fully saturated rings. The van der Waals surface area contributed by atoms with Crippen molar-refractivity contribution in [2.24, 2.45) is 0 Å². The van der Waals surface area contributed by atoms with E-state index in [9.17, 15) is 4.79 Å². The highest BCUT2D eigenvalue weighted by Crippen LogP contribution is 2.25. The van der Waals surface area contributed by atoms with Crippen LogP contribution in [0.5, 0.6) is 0 Å².